The third-order valence-corrected chi connectivity index (χ3v) is 6.55. The average Bonchev–Trinajstić information content (AvgIpc) is 3.16. The Morgan fingerprint density at radius 1 is 1.00 bits per heavy atom. The van der Waals surface area contributed by atoms with Crippen LogP contribution in [-0.2, 0) is 13.6 Å². The van der Waals surface area contributed by atoms with Gasteiger partial charge >= 0.3 is 0 Å². The number of aliphatic imine (C=N–C) groups is 1. The van der Waals surface area contributed by atoms with E-state index in [4.69, 9.17) is 4.99 Å². The summed E-state index contributed by atoms with van der Waals surface area (Å²) in [7, 11) is 1.98. The summed E-state index contributed by atoms with van der Waals surface area (Å²) in [4.78, 5) is 4.88. The van der Waals surface area contributed by atoms with Crippen molar-refractivity contribution < 1.29 is 0 Å². The highest BCUT2D eigenvalue weighted by Crippen LogP contribution is 2.32. The standard InChI is InChI=1S/C26H34N6/c1-19(21-10-6-4-7-11-21)28-26(27-18-25-31-30-20(2)32(25)3)29-24-16-14-23(15-17-24)22-12-8-5-9-13-22/h4-13,19,23-24H,14-18H2,1-3H3,(H2,27,28,29). The van der Waals surface area contributed by atoms with Crippen molar-refractivity contribution in [1.82, 2.24) is 25.4 Å². The molecule has 1 aliphatic rings. The normalized spacial score (nSPS) is 20.0. The molecule has 1 aliphatic carbocycles. The topological polar surface area (TPSA) is 67.1 Å². The Morgan fingerprint density at radius 2 is 1.66 bits per heavy atom. The third-order valence-electron chi connectivity index (χ3n) is 6.55. The van der Waals surface area contributed by atoms with Gasteiger partial charge in [-0.05, 0) is 56.6 Å². The summed E-state index contributed by atoms with van der Waals surface area (Å²) in [5.41, 5.74) is 2.71. The van der Waals surface area contributed by atoms with Crippen LogP contribution in [-0.4, -0.2) is 26.8 Å². The minimum atomic E-state index is 0.157. The first-order chi connectivity index (χ1) is 15.6. The van der Waals surface area contributed by atoms with Crippen molar-refractivity contribution in [2.45, 2.75) is 64.1 Å². The van der Waals surface area contributed by atoms with Gasteiger partial charge in [-0.15, -0.1) is 10.2 Å². The molecule has 1 unspecified atom stereocenters. The van der Waals surface area contributed by atoms with Crippen LogP contribution in [0.1, 0.15) is 67.3 Å². The van der Waals surface area contributed by atoms with Crippen molar-refractivity contribution in [3.63, 3.8) is 0 Å². The van der Waals surface area contributed by atoms with Gasteiger partial charge in [0, 0.05) is 13.1 Å². The van der Waals surface area contributed by atoms with Gasteiger partial charge in [0.05, 0.1) is 6.04 Å². The molecular weight excluding hydrogens is 396 g/mol. The van der Waals surface area contributed by atoms with Gasteiger partial charge in [0.15, 0.2) is 11.8 Å². The lowest BCUT2D eigenvalue weighted by atomic mass is 9.82. The molecule has 6 nitrogen and oxygen atoms in total. The molecule has 32 heavy (non-hydrogen) atoms. The fourth-order valence-electron chi connectivity index (χ4n) is 4.39. The number of rotatable bonds is 6. The number of nitrogens with zero attached hydrogens (tertiary/aromatic N) is 4. The quantitative estimate of drug-likeness (QED) is 0.441. The fourth-order valence-corrected chi connectivity index (χ4v) is 4.39. The van der Waals surface area contributed by atoms with E-state index in [2.05, 4.69) is 82.4 Å². The monoisotopic (exact) mass is 430 g/mol. The molecule has 1 atom stereocenters. The number of aryl methyl sites for hydroxylation is 1. The molecule has 0 spiro atoms. The third kappa shape index (κ3) is 5.55. The van der Waals surface area contributed by atoms with Crippen LogP contribution in [0.4, 0.5) is 0 Å². The van der Waals surface area contributed by atoms with Crippen LogP contribution in [0, 0.1) is 6.92 Å². The van der Waals surface area contributed by atoms with E-state index >= 15 is 0 Å². The molecule has 0 aliphatic heterocycles. The Morgan fingerprint density at radius 3 is 2.28 bits per heavy atom. The largest absolute Gasteiger partial charge is 0.354 e. The lowest BCUT2D eigenvalue weighted by Gasteiger charge is -2.31. The summed E-state index contributed by atoms with van der Waals surface area (Å²) in [5, 5.41) is 15.7. The van der Waals surface area contributed by atoms with Gasteiger partial charge < -0.3 is 15.2 Å². The molecular formula is C26H34N6. The predicted molar refractivity (Wildman–Crippen MR) is 129 cm³/mol. The van der Waals surface area contributed by atoms with E-state index in [1.807, 2.05) is 24.6 Å². The van der Waals surface area contributed by atoms with Crippen LogP contribution < -0.4 is 10.6 Å². The molecule has 0 amide bonds. The molecule has 1 saturated carbocycles. The van der Waals surface area contributed by atoms with E-state index in [0.717, 1.165) is 30.5 Å². The van der Waals surface area contributed by atoms with Crippen molar-refractivity contribution in [3.05, 3.63) is 83.4 Å². The number of hydrogen-bond acceptors (Lipinski definition) is 3. The van der Waals surface area contributed by atoms with Crippen LogP contribution in [0.25, 0.3) is 0 Å². The molecule has 0 saturated heterocycles. The highest BCUT2D eigenvalue weighted by molar-refractivity contribution is 5.80. The first-order valence-electron chi connectivity index (χ1n) is 11.6. The van der Waals surface area contributed by atoms with Crippen molar-refractivity contribution in [1.29, 1.82) is 0 Å². The number of benzene rings is 2. The zero-order valence-corrected chi connectivity index (χ0v) is 19.3. The van der Waals surface area contributed by atoms with Gasteiger partial charge in [-0.1, -0.05) is 60.7 Å². The van der Waals surface area contributed by atoms with Gasteiger partial charge in [-0.3, -0.25) is 0 Å². The molecule has 6 heteroatoms. The average molecular weight is 431 g/mol. The maximum Gasteiger partial charge on any atom is 0.192 e. The van der Waals surface area contributed by atoms with Gasteiger partial charge in [0.1, 0.15) is 12.4 Å². The van der Waals surface area contributed by atoms with Crippen LogP contribution in [0.15, 0.2) is 65.7 Å². The Bertz CT molecular complexity index is 1000. The number of nitrogens with one attached hydrogen (secondary N) is 2. The molecule has 0 bridgehead atoms. The SMILES string of the molecule is Cc1nnc(CN=C(NC2CCC(c3ccccc3)CC2)NC(C)c2ccccc2)n1C. The van der Waals surface area contributed by atoms with Gasteiger partial charge in [0.25, 0.3) is 0 Å². The second-order valence-electron chi connectivity index (χ2n) is 8.77. The maximum atomic E-state index is 4.88. The van der Waals surface area contributed by atoms with E-state index in [1.165, 1.54) is 24.0 Å². The summed E-state index contributed by atoms with van der Waals surface area (Å²) in [6, 6.07) is 22.0. The molecule has 4 rings (SSSR count). The zero-order chi connectivity index (χ0) is 22.3. The fraction of sp³-hybridized carbons (Fsp3) is 0.423. The van der Waals surface area contributed by atoms with Crippen molar-refractivity contribution in [2.75, 3.05) is 0 Å². The van der Waals surface area contributed by atoms with E-state index in [-0.39, 0.29) is 6.04 Å². The molecule has 1 fully saturated rings. The number of hydrogen-bond donors (Lipinski definition) is 2. The second kappa shape index (κ2) is 10.4. The molecule has 1 heterocycles. The highest BCUT2D eigenvalue weighted by atomic mass is 15.3. The van der Waals surface area contributed by atoms with E-state index in [1.54, 1.807) is 0 Å². The van der Waals surface area contributed by atoms with Crippen molar-refractivity contribution in [2.24, 2.45) is 12.0 Å². The minimum absolute atomic E-state index is 0.157. The van der Waals surface area contributed by atoms with Crippen LogP contribution in [0.5, 0.6) is 0 Å². The van der Waals surface area contributed by atoms with Gasteiger partial charge in [-0.2, -0.15) is 0 Å². The molecule has 2 aromatic carbocycles. The van der Waals surface area contributed by atoms with E-state index in [9.17, 15) is 0 Å². The Kier molecular flexibility index (Phi) is 7.20. The van der Waals surface area contributed by atoms with Crippen molar-refractivity contribution in [3.8, 4) is 0 Å². The Balaban J connectivity index is 1.42. The first-order valence-corrected chi connectivity index (χ1v) is 11.6. The minimum Gasteiger partial charge on any atom is -0.354 e. The summed E-state index contributed by atoms with van der Waals surface area (Å²) < 4.78 is 1.99. The van der Waals surface area contributed by atoms with Crippen LogP contribution in [0.2, 0.25) is 0 Å². The molecule has 2 N–H and O–H groups in total. The molecule has 3 aromatic rings. The smallest absolute Gasteiger partial charge is 0.192 e. The van der Waals surface area contributed by atoms with E-state index in [0.29, 0.717) is 18.5 Å². The lowest BCUT2D eigenvalue weighted by molar-refractivity contribution is 0.370. The second-order valence-corrected chi connectivity index (χ2v) is 8.77. The zero-order valence-electron chi connectivity index (χ0n) is 19.3. The Labute approximate surface area is 191 Å². The summed E-state index contributed by atoms with van der Waals surface area (Å²) >= 11 is 0. The lowest BCUT2D eigenvalue weighted by Crippen LogP contribution is -2.45. The number of aromatic nitrogens is 3. The first kappa shape index (κ1) is 22.1. The summed E-state index contributed by atoms with van der Waals surface area (Å²) in [6.07, 6.45) is 4.68. The van der Waals surface area contributed by atoms with Crippen LogP contribution in [0.3, 0.4) is 0 Å². The van der Waals surface area contributed by atoms with E-state index < -0.39 is 0 Å². The molecule has 0 radical (unpaired) electrons. The predicted octanol–water partition coefficient (Wildman–Crippen LogP) is 4.65. The summed E-state index contributed by atoms with van der Waals surface area (Å²) in [6.45, 7) is 4.62. The molecule has 1 aromatic heterocycles. The van der Waals surface area contributed by atoms with Gasteiger partial charge in [-0.25, -0.2) is 4.99 Å². The maximum absolute atomic E-state index is 4.88. The van der Waals surface area contributed by atoms with Crippen molar-refractivity contribution >= 4 is 5.96 Å². The van der Waals surface area contributed by atoms with Crippen LogP contribution >= 0.6 is 0 Å². The molecule has 168 valence electrons. The Hall–Kier alpha value is -3.15. The highest BCUT2D eigenvalue weighted by Gasteiger charge is 2.23. The van der Waals surface area contributed by atoms with Gasteiger partial charge in [0.2, 0.25) is 0 Å². The number of guanidine groups is 1. The summed E-state index contributed by atoms with van der Waals surface area (Å²) in [5.74, 6) is 3.26.